The molecule has 0 bridgehead atoms. The molecule has 0 saturated carbocycles. The standard InChI is InChI=1S/C7H8O.Ac/c1-6-3-2-4-7(8)5-6;/h2-5,8H,1H3;. The van der Waals surface area contributed by atoms with Crippen molar-refractivity contribution in [2.24, 2.45) is 0 Å². The molecule has 1 aromatic rings. The topological polar surface area (TPSA) is 20.2 Å². The Labute approximate surface area is 90.6 Å². The molecule has 1 aromatic carbocycles. The fourth-order valence-corrected chi connectivity index (χ4v) is 0.628. The van der Waals surface area contributed by atoms with Gasteiger partial charge in [-0.1, -0.05) is 12.1 Å². The van der Waals surface area contributed by atoms with E-state index in [-0.39, 0.29) is 44.1 Å². The van der Waals surface area contributed by atoms with Gasteiger partial charge in [0.1, 0.15) is 5.75 Å². The van der Waals surface area contributed by atoms with Crippen molar-refractivity contribution in [2.45, 2.75) is 6.92 Å². The third kappa shape index (κ3) is 3.23. The summed E-state index contributed by atoms with van der Waals surface area (Å²) in [6.45, 7) is 1.94. The van der Waals surface area contributed by atoms with Crippen LogP contribution in [0.15, 0.2) is 24.3 Å². The van der Waals surface area contributed by atoms with Gasteiger partial charge in [0, 0.05) is 44.1 Å². The van der Waals surface area contributed by atoms with Crippen LogP contribution in [0.4, 0.5) is 0 Å². The Hall–Kier alpha value is 0.462. The SMILES string of the molecule is Cc1cccc(O)c1.[Ac]. The number of rotatable bonds is 0. The summed E-state index contributed by atoms with van der Waals surface area (Å²) in [7, 11) is 0. The molecule has 0 spiro atoms. The van der Waals surface area contributed by atoms with Crippen LogP contribution in [0, 0.1) is 51.0 Å². The van der Waals surface area contributed by atoms with E-state index in [4.69, 9.17) is 5.11 Å². The summed E-state index contributed by atoms with van der Waals surface area (Å²) in [4.78, 5) is 0. The van der Waals surface area contributed by atoms with Gasteiger partial charge in [0.25, 0.3) is 0 Å². The van der Waals surface area contributed by atoms with Crippen LogP contribution in [-0.4, -0.2) is 5.11 Å². The average molecular weight is 335 g/mol. The van der Waals surface area contributed by atoms with Crippen LogP contribution < -0.4 is 0 Å². The van der Waals surface area contributed by atoms with Gasteiger partial charge in [-0.05, 0) is 24.6 Å². The predicted molar refractivity (Wildman–Crippen MR) is 32.8 cm³/mol. The Morgan fingerprint density at radius 3 is 2.33 bits per heavy atom. The molecule has 0 aliphatic heterocycles. The Morgan fingerprint density at radius 2 is 2.00 bits per heavy atom. The summed E-state index contributed by atoms with van der Waals surface area (Å²) in [5.74, 6) is 0.338. The third-order valence-corrected chi connectivity index (χ3v) is 1.00. The fourth-order valence-electron chi connectivity index (χ4n) is 0.628. The summed E-state index contributed by atoms with van der Waals surface area (Å²) in [6.07, 6.45) is 0. The van der Waals surface area contributed by atoms with Crippen molar-refractivity contribution in [3.63, 3.8) is 0 Å². The first kappa shape index (κ1) is 9.46. The molecule has 0 saturated heterocycles. The molecule has 0 unspecified atom stereocenters. The molecule has 1 radical (unpaired) electrons. The van der Waals surface area contributed by atoms with E-state index in [1.807, 2.05) is 19.1 Å². The van der Waals surface area contributed by atoms with E-state index in [1.54, 1.807) is 12.1 Å². The molecular formula is C7H8AcO. The molecule has 0 aromatic heterocycles. The molecule has 1 N–H and O–H groups in total. The van der Waals surface area contributed by atoms with Gasteiger partial charge in [0.2, 0.25) is 0 Å². The van der Waals surface area contributed by atoms with Gasteiger partial charge < -0.3 is 5.11 Å². The van der Waals surface area contributed by atoms with Gasteiger partial charge in [-0.25, -0.2) is 0 Å². The van der Waals surface area contributed by atoms with Gasteiger partial charge in [-0.3, -0.25) is 0 Å². The van der Waals surface area contributed by atoms with E-state index < -0.39 is 0 Å². The molecule has 0 fully saturated rings. The fraction of sp³-hybridized carbons (Fsp3) is 0.143. The molecule has 45 valence electrons. The summed E-state index contributed by atoms with van der Waals surface area (Å²) in [5.41, 5.74) is 1.09. The van der Waals surface area contributed by atoms with Gasteiger partial charge in [-0.15, -0.1) is 0 Å². The van der Waals surface area contributed by atoms with Crippen LogP contribution in [0.25, 0.3) is 0 Å². The second kappa shape index (κ2) is 4.30. The first-order valence-corrected chi connectivity index (χ1v) is 2.54. The smallest absolute Gasteiger partial charge is 0.115 e. The zero-order valence-electron chi connectivity index (χ0n) is 5.33. The maximum atomic E-state index is 8.81. The van der Waals surface area contributed by atoms with Gasteiger partial charge in [0.15, 0.2) is 0 Å². The zero-order chi connectivity index (χ0) is 5.98. The monoisotopic (exact) mass is 335 g/mol. The number of phenols is 1. The van der Waals surface area contributed by atoms with Crippen LogP contribution in [0.1, 0.15) is 5.56 Å². The maximum Gasteiger partial charge on any atom is 0.115 e. The van der Waals surface area contributed by atoms with Crippen LogP contribution >= 0.6 is 0 Å². The Bertz CT molecular complexity index is 169. The normalized spacial score (nSPS) is 8.11. The number of benzene rings is 1. The van der Waals surface area contributed by atoms with Gasteiger partial charge in [0.05, 0.1) is 0 Å². The average Bonchev–Trinajstić information content (AvgIpc) is 1.64. The van der Waals surface area contributed by atoms with E-state index in [1.165, 1.54) is 0 Å². The van der Waals surface area contributed by atoms with Gasteiger partial charge >= 0.3 is 0 Å². The van der Waals surface area contributed by atoms with E-state index in [9.17, 15) is 0 Å². The maximum absolute atomic E-state index is 8.81. The summed E-state index contributed by atoms with van der Waals surface area (Å²) in [5, 5.41) is 8.81. The van der Waals surface area contributed by atoms with E-state index in [0.717, 1.165) is 5.56 Å². The minimum absolute atomic E-state index is 0. The van der Waals surface area contributed by atoms with Crippen molar-refractivity contribution < 1.29 is 49.2 Å². The quantitative estimate of drug-likeness (QED) is 0.765. The molecule has 9 heavy (non-hydrogen) atoms. The molecule has 0 amide bonds. The second-order valence-corrected chi connectivity index (χ2v) is 1.84. The summed E-state index contributed by atoms with van der Waals surface area (Å²) < 4.78 is 0. The molecule has 2 heteroatoms. The second-order valence-electron chi connectivity index (χ2n) is 1.84. The number of phenolic OH excluding ortho intramolecular Hbond substituents is 1. The Balaban J connectivity index is 0.000000640. The van der Waals surface area contributed by atoms with Crippen molar-refractivity contribution in [2.75, 3.05) is 0 Å². The number of hydrogen-bond acceptors (Lipinski definition) is 1. The van der Waals surface area contributed by atoms with Crippen molar-refractivity contribution in [3.05, 3.63) is 29.8 Å². The zero-order valence-corrected chi connectivity index (χ0v) is 10.1. The molecular weight excluding hydrogens is 327 g/mol. The van der Waals surface area contributed by atoms with E-state index in [0.29, 0.717) is 5.75 Å². The molecule has 0 heterocycles. The number of aromatic hydroxyl groups is 1. The van der Waals surface area contributed by atoms with Crippen LogP contribution in [0.3, 0.4) is 0 Å². The molecule has 1 rings (SSSR count). The largest absolute Gasteiger partial charge is 0.508 e. The molecule has 0 aliphatic carbocycles. The first-order chi connectivity index (χ1) is 3.79. The minimum atomic E-state index is 0. The summed E-state index contributed by atoms with van der Waals surface area (Å²) in [6, 6.07) is 7.15. The number of hydrogen-bond donors (Lipinski definition) is 1. The van der Waals surface area contributed by atoms with E-state index >= 15 is 0 Å². The van der Waals surface area contributed by atoms with E-state index in [2.05, 4.69) is 0 Å². The molecule has 1 nitrogen and oxygen atoms in total. The van der Waals surface area contributed by atoms with Crippen molar-refractivity contribution in [3.8, 4) is 5.75 Å². The van der Waals surface area contributed by atoms with Gasteiger partial charge in [-0.2, -0.15) is 0 Å². The predicted octanol–water partition coefficient (Wildman–Crippen LogP) is 1.70. The van der Waals surface area contributed by atoms with Crippen molar-refractivity contribution in [1.29, 1.82) is 0 Å². The van der Waals surface area contributed by atoms with Crippen molar-refractivity contribution in [1.82, 2.24) is 0 Å². The van der Waals surface area contributed by atoms with Crippen molar-refractivity contribution >= 4 is 0 Å². The first-order valence-electron chi connectivity index (χ1n) is 2.54. The molecule has 0 atom stereocenters. The third-order valence-electron chi connectivity index (χ3n) is 1.00. The van der Waals surface area contributed by atoms with Crippen LogP contribution in [0.2, 0.25) is 0 Å². The van der Waals surface area contributed by atoms with Crippen LogP contribution in [0.5, 0.6) is 5.75 Å². The molecule has 0 aliphatic rings. The summed E-state index contributed by atoms with van der Waals surface area (Å²) >= 11 is 0. The van der Waals surface area contributed by atoms with Crippen LogP contribution in [-0.2, 0) is 0 Å². The number of aryl methyl sites for hydroxylation is 1. The Morgan fingerprint density at radius 1 is 1.33 bits per heavy atom. The Kier molecular flexibility index (Phi) is 4.53. The minimum Gasteiger partial charge on any atom is -0.508 e.